The minimum absolute atomic E-state index is 0.0923. The van der Waals surface area contributed by atoms with Gasteiger partial charge in [-0.3, -0.25) is 9.48 Å². The van der Waals surface area contributed by atoms with Crippen molar-refractivity contribution in [2.45, 2.75) is 37.4 Å². The zero-order valence-corrected chi connectivity index (χ0v) is 23.9. The predicted molar refractivity (Wildman–Crippen MR) is 159 cm³/mol. The lowest BCUT2D eigenvalue weighted by atomic mass is 9.87. The number of Topliss-reactive ketones (excluding diaryl/α,β-unsaturated/α-hetero) is 1. The third-order valence-electron chi connectivity index (χ3n) is 7.77. The summed E-state index contributed by atoms with van der Waals surface area (Å²) in [4.78, 5) is 31.0. The van der Waals surface area contributed by atoms with Crippen LogP contribution >= 0.6 is 0 Å². The highest BCUT2D eigenvalue weighted by Crippen LogP contribution is 2.34. The molecule has 0 bridgehead atoms. The normalized spacial score (nSPS) is 14.1. The van der Waals surface area contributed by atoms with Gasteiger partial charge in [-0.2, -0.15) is 28.6 Å². The number of nitriles is 1. The molecule has 1 aliphatic rings. The molecule has 0 atom stereocenters. The SMILES string of the molecule is N#CCC1(n2cc(-c3cnn4c(-c5cccc(CC(=O)CCC(F)(F)F)c5)cnc4c3)cn2)CN(C(=O)Nc2ccccc2)C1. The maximum atomic E-state index is 12.7. The molecule has 13 heteroatoms. The van der Waals surface area contributed by atoms with Gasteiger partial charge in [-0.15, -0.1) is 0 Å². The number of likely N-dealkylation sites (tertiary alicyclic amines) is 1. The molecule has 1 fully saturated rings. The van der Waals surface area contributed by atoms with Crippen LogP contribution in [0.5, 0.6) is 0 Å². The smallest absolute Gasteiger partial charge is 0.319 e. The lowest BCUT2D eigenvalue weighted by Crippen LogP contribution is -2.65. The number of aromatic nitrogens is 5. The molecule has 0 aliphatic carbocycles. The summed E-state index contributed by atoms with van der Waals surface area (Å²) in [6.45, 7) is 0.655. The summed E-state index contributed by atoms with van der Waals surface area (Å²) in [5.74, 6) is -0.479. The van der Waals surface area contributed by atoms with Gasteiger partial charge in [0.05, 0.1) is 56.3 Å². The molecule has 4 heterocycles. The van der Waals surface area contributed by atoms with Crippen molar-refractivity contribution in [3.05, 3.63) is 91.0 Å². The number of anilines is 1. The Balaban J connectivity index is 1.16. The van der Waals surface area contributed by atoms with Crippen LogP contribution in [0.15, 0.2) is 85.5 Å². The first-order valence-corrected chi connectivity index (χ1v) is 14.2. The van der Waals surface area contributed by atoms with E-state index in [1.165, 1.54) is 0 Å². The van der Waals surface area contributed by atoms with Crippen molar-refractivity contribution in [2.75, 3.05) is 18.4 Å². The number of carbonyl (C=O) groups is 2. The fraction of sp³-hybridized carbons (Fsp3) is 0.250. The van der Waals surface area contributed by atoms with E-state index in [2.05, 4.69) is 26.6 Å². The van der Waals surface area contributed by atoms with Gasteiger partial charge in [0.25, 0.3) is 0 Å². The standard InChI is InChI=1S/C32H27F3N8O2/c33-32(34,35)10-9-27(44)14-22-5-4-6-23(13-22)28-18-37-29-15-24(16-39-43(28)29)25-17-38-42(19-25)31(11-12-36)20-41(21-31)30(45)40-26-7-2-1-3-8-26/h1-8,13,15-19H,9-11,14,20-21H2,(H,40,45). The second kappa shape index (κ2) is 11.9. The minimum atomic E-state index is -4.37. The van der Waals surface area contributed by atoms with Crippen molar-refractivity contribution < 1.29 is 22.8 Å². The predicted octanol–water partition coefficient (Wildman–Crippen LogP) is 5.87. The molecular formula is C32H27F3N8O2. The molecule has 1 N–H and O–H groups in total. The van der Waals surface area contributed by atoms with Crippen LogP contribution in [0.1, 0.15) is 24.8 Å². The Kier molecular flexibility index (Phi) is 7.80. The van der Waals surface area contributed by atoms with Crippen LogP contribution in [0.4, 0.5) is 23.7 Å². The van der Waals surface area contributed by atoms with Crippen molar-refractivity contribution in [3.8, 4) is 28.5 Å². The Morgan fingerprint density at radius 3 is 2.49 bits per heavy atom. The van der Waals surface area contributed by atoms with Crippen LogP contribution in [-0.4, -0.2) is 60.4 Å². The number of benzene rings is 2. The second-order valence-corrected chi connectivity index (χ2v) is 11.1. The molecule has 1 saturated heterocycles. The third-order valence-corrected chi connectivity index (χ3v) is 7.77. The Hall–Kier alpha value is -5.51. The molecule has 0 radical (unpaired) electrons. The summed E-state index contributed by atoms with van der Waals surface area (Å²) in [7, 11) is 0. The van der Waals surface area contributed by atoms with Crippen molar-refractivity contribution >= 4 is 23.1 Å². The summed E-state index contributed by atoms with van der Waals surface area (Å²) < 4.78 is 40.9. The summed E-state index contributed by atoms with van der Waals surface area (Å²) in [6, 6.07) is 20.0. The first kappa shape index (κ1) is 29.6. The molecule has 2 aromatic carbocycles. The van der Waals surface area contributed by atoms with E-state index in [0.29, 0.717) is 35.7 Å². The second-order valence-electron chi connectivity index (χ2n) is 11.1. The molecule has 1 aliphatic heterocycles. The van der Waals surface area contributed by atoms with Gasteiger partial charge in [-0.1, -0.05) is 36.4 Å². The molecule has 10 nitrogen and oxygen atoms in total. The minimum Gasteiger partial charge on any atom is -0.319 e. The first-order chi connectivity index (χ1) is 21.6. The van der Waals surface area contributed by atoms with E-state index in [1.54, 1.807) is 63.0 Å². The largest absolute Gasteiger partial charge is 0.389 e. The Bertz CT molecular complexity index is 1900. The van der Waals surface area contributed by atoms with Crippen molar-refractivity contribution in [1.82, 2.24) is 29.3 Å². The quantitative estimate of drug-likeness (QED) is 0.222. The number of fused-ring (bicyclic) bond motifs is 1. The van der Waals surface area contributed by atoms with Gasteiger partial charge in [0.2, 0.25) is 0 Å². The van der Waals surface area contributed by atoms with Crippen LogP contribution in [0.2, 0.25) is 0 Å². The van der Waals surface area contributed by atoms with E-state index in [9.17, 15) is 28.0 Å². The average Bonchev–Trinajstić information content (AvgIpc) is 3.66. The number of rotatable bonds is 9. The number of para-hydroxylation sites is 1. The van der Waals surface area contributed by atoms with Crippen LogP contribution in [0, 0.1) is 11.3 Å². The molecule has 228 valence electrons. The molecule has 0 unspecified atom stereocenters. The molecule has 5 aromatic rings. The summed E-state index contributed by atoms with van der Waals surface area (Å²) in [5.41, 5.74) is 4.10. The summed E-state index contributed by atoms with van der Waals surface area (Å²) in [5, 5.41) is 21.5. The topological polar surface area (TPSA) is 121 Å². The number of carbonyl (C=O) groups excluding carboxylic acids is 2. The molecule has 0 saturated carbocycles. The number of nitrogens with one attached hydrogen (secondary N) is 1. The first-order valence-electron chi connectivity index (χ1n) is 14.2. The molecule has 3 aromatic heterocycles. The lowest BCUT2D eigenvalue weighted by molar-refractivity contribution is -0.143. The molecule has 0 spiro atoms. The van der Waals surface area contributed by atoms with E-state index in [0.717, 1.165) is 16.7 Å². The monoisotopic (exact) mass is 612 g/mol. The van der Waals surface area contributed by atoms with Gasteiger partial charge < -0.3 is 10.2 Å². The van der Waals surface area contributed by atoms with Crippen LogP contribution in [0.25, 0.3) is 28.0 Å². The van der Waals surface area contributed by atoms with Gasteiger partial charge in [0.1, 0.15) is 11.3 Å². The highest BCUT2D eigenvalue weighted by Gasteiger charge is 2.47. The number of hydrogen-bond acceptors (Lipinski definition) is 6. The lowest BCUT2D eigenvalue weighted by Gasteiger charge is -2.48. The number of imidazole rings is 1. The average molecular weight is 613 g/mol. The van der Waals surface area contributed by atoms with Gasteiger partial charge in [-0.25, -0.2) is 14.3 Å². The van der Waals surface area contributed by atoms with Crippen molar-refractivity contribution in [2.24, 2.45) is 0 Å². The number of nitrogens with zero attached hydrogens (tertiary/aromatic N) is 7. The number of alkyl halides is 3. The maximum Gasteiger partial charge on any atom is 0.389 e. The van der Waals surface area contributed by atoms with Crippen LogP contribution in [0.3, 0.4) is 0 Å². The zero-order chi connectivity index (χ0) is 31.6. The van der Waals surface area contributed by atoms with Crippen LogP contribution < -0.4 is 5.32 Å². The fourth-order valence-electron chi connectivity index (χ4n) is 5.42. The number of urea groups is 1. The number of amides is 2. The fourth-order valence-corrected chi connectivity index (χ4v) is 5.42. The Labute approximate surface area is 255 Å². The number of halogens is 3. The molecule has 6 rings (SSSR count). The van der Waals surface area contributed by atoms with E-state index in [1.807, 2.05) is 36.5 Å². The zero-order valence-electron chi connectivity index (χ0n) is 23.9. The Morgan fingerprint density at radius 2 is 1.73 bits per heavy atom. The number of ketones is 1. The van der Waals surface area contributed by atoms with Gasteiger partial charge >= 0.3 is 12.2 Å². The highest BCUT2D eigenvalue weighted by molar-refractivity contribution is 5.90. The van der Waals surface area contributed by atoms with Gasteiger partial charge in [-0.05, 0) is 29.8 Å². The van der Waals surface area contributed by atoms with Crippen LogP contribution in [-0.2, 0) is 16.8 Å². The van der Waals surface area contributed by atoms with Gasteiger partial charge in [0.15, 0.2) is 5.65 Å². The molecule has 2 amide bonds. The van der Waals surface area contributed by atoms with E-state index < -0.39 is 30.3 Å². The van der Waals surface area contributed by atoms with Crippen molar-refractivity contribution in [3.63, 3.8) is 0 Å². The third kappa shape index (κ3) is 6.40. The molecule has 45 heavy (non-hydrogen) atoms. The van der Waals surface area contributed by atoms with E-state index in [4.69, 9.17) is 0 Å². The Morgan fingerprint density at radius 1 is 0.956 bits per heavy atom. The molecular weight excluding hydrogens is 585 g/mol. The van der Waals surface area contributed by atoms with E-state index in [-0.39, 0.29) is 18.9 Å². The van der Waals surface area contributed by atoms with Gasteiger partial charge in [0, 0.05) is 41.4 Å². The summed E-state index contributed by atoms with van der Waals surface area (Å²) in [6.07, 6.45) is 0.865. The number of hydrogen-bond donors (Lipinski definition) is 1. The summed E-state index contributed by atoms with van der Waals surface area (Å²) >= 11 is 0. The maximum absolute atomic E-state index is 12.7. The van der Waals surface area contributed by atoms with Crippen molar-refractivity contribution in [1.29, 1.82) is 5.26 Å². The van der Waals surface area contributed by atoms with E-state index >= 15 is 0 Å². The highest BCUT2D eigenvalue weighted by atomic mass is 19.4.